The monoisotopic (exact) mass is 439 g/mol. The van der Waals surface area contributed by atoms with Gasteiger partial charge in [0.25, 0.3) is 0 Å². The third-order valence-electron chi connectivity index (χ3n) is 5.90. The van der Waals surface area contributed by atoms with Gasteiger partial charge in [0.1, 0.15) is 6.54 Å². The van der Waals surface area contributed by atoms with Gasteiger partial charge in [-0.1, -0.05) is 37.1 Å². The van der Waals surface area contributed by atoms with Crippen molar-refractivity contribution in [3.63, 3.8) is 0 Å². The molecule has 0 aliphatic rings. The van der Waals surface area contributed by atoms with Crippen LogP contribution in [-0.2, 0) is 31.2 Å². The minimum absolute atomic E-state index is 0.132. The molecule has 0 aliphatic heterocycles. The summed E-state index contributed by atoms with van der Waals surface area (Å²) in [6.07, 6.45) is 4.17. The van der Waals surface area contributed by atoms with Gasteiger partial charge in [0.05, 0.1) is 20.6 Å². The van der Waals surface area contributed by atoms with E-state index < -0.39 is 8.80 Å². The van der Waals surface area contributed by atoms with Gasteiger partial charge in [-0.05, 0) is 25.3 Å². The van der Waals surface area contributed by atoms with Crippen molar-refractivity contribution in [3.8, 4) is 0 Å². The highest BCUT2D eigenvalue weighted by molar-refractivity contribution is 6.60. The molecule has 0 radical (unpaired) electrons. The van der Waals surface area contributed by atoms with Crippen molar-refractivity contribution in [1.29, 1.82) is 0 Å². The van der Waals surface area contributed by atoms with Crippen LogP contribution < -0.4 is 0 Å². The predicted molar refractivity (Wildman–Crippen MR) is 124 cm³/mol. The highest BCUT2D eigenvalue weighted by atomic mass is 28.4. The first-order valence-electron chi connectivity index (χ1n) is 11.0. The maximum absolute atomic E-state index is 12.1. The van der Waals surface area contributed by atoms with Crippen molar-refractivity contribution in [1.82, 2.24) is 4.90 Å². The number of carbonyl (C=O) groups is 1. The van der Waals surface area contributed by atoms with Gasteiger partial charge in [-0.15, -0.1) is 0 Å². The number of rotatable bonds is 15. The largest absolute Gasteiger partial charge is 0.500 e. The minimum atomic E-state index is -2.46. The minimum Gasteiger partial charge on any atom is -0.377 e. The van der Waals surface area contributed by atoms with E-state index in [2.05, 4.69) is 45.3 Å². The summed E-state index contributed by atoms with van der Waals surface area (Å²) in [7, 11) is 6.99. The summed E-state index contributed by atoms with van der Waals surface area (Å²) in [6.45, 7) is 7.46. The maximum atomic E-state index is 12.1. The molecule has 30 heavy (non-hydrogen) atoms. The highest BCUT2D eigenvalue weighted by Gasteiger charge is 2.36. The van der Waals surface area contributed by atoms with Crippen molar-refractivity contribution in [3.05, 3.63) is 35.4 Å². The van der Waals surface area contributed by atoms with Gasteiger partial charge in [0.15, 0.2) is 0 Å². The second kappa shape index (κ2) is 13.2. The summed E-state index contributed by atoms with van der Waals surface area (Å²) in [6, 6.07) is 9.53. The van der Waals surface area contributed by atoms with E-state index in [0.29, 0.717) is 6.54 Å². The van der Waals surface area contributed by atoms with Gasteiger partial charge in [-0.2, -0.15) is 0 Å². The molecule has 0 atom stereocenters. The second-order valence-electron chi connectivity index (χ2n) is 8.63. The zero-order valence-corrected chi connectivity index (χ0v) is 21.2. The van der Waals surface area contributed by atoms with Gasteiger partial charge in [-0.3, -0.25) is 4.79 Å². The molecule has 1 rings (SSSR count). The van der Waals surface area contributed by atoms with E-state index in [1.165, 1.54) is 11.1 Å². The molecular formula is C23H43N2O4Si+. The SMILES string of the molecule is CC[N+](C)(C)Cc1ccc(CN(CCCCCC[Si](OC)(OC)OC)C(C)=O)cc1. The molecule has 0 bridgehead atoms. The lowest BCUT2D eigenvalue weighted by molar-refractivity contribution is -0.901. The van der Waals surface area contributed by atoms with Crippen molar-refractivity contribution < 1.29 is 22.6 Å². The fraction of sp³-hybridized carbons (Fsp3) is 0.696. The molecule has 0 saturated carbocycles. The molecule has 6 nitrogen and oxygen atoms in total. The topological polar surface area (TPSA) is 48.0 Å². The lowest BCUT2D eigenvalue weighted by Crippen LogP contribution is -2.42. The van der Waals surface area contributed by atoms with Gasteiger partial charge in [-0.25, -0.2) is 0 Å². The van der Waals surface area contributed by atoms with E-state index in [1.807, 2.05) is 4.90 Å². The van der Waals surface area contributed by atoms with Crippen LogP contribution in [-0.4, -0.2) is 72.6 Å². The van der Waals surface area contributed by atoms with Gasteiger partial charge >= 0.3 is 8.80 Å². The molecule has 1 aromatic carbocycles. The molecule has 172 valence electrons. The fourth-order valence-corrected chi connectivity index (χ4v) is 5.27. The summed E-state index contributed by atoms with van der Waals surface area (Å²) >= 11 is 0. The summed E-state index contributed by atoms with van der Waals surface area (Å²) in [5.41, 5.74) is 2.52. The Morgan fingerprint density at radius 1 is 0.933 bits per heavy atom. The van der Waals surface area contributed by atoms with Crippen LogP contribution in [0.4, 0.5) is 0 Å². The summed E-state index contributed by atoms with van der Waals surface area (Å²) in [4.78, 5) is 14.0. The molecule has 0 aliphatic carbocycles. The fourth-order valence-electron chi connectivity index (χ4n) is 3.48. The lowest BCUT2D eigenvalue weighted by Gasteiger charge is -2.28. The van der Waals surface area contributed by atoms with Crippen LogP contribution in [0.1, 0.15) is 50.7 Å². The van der Waals surface area contributed by atoms with Crippen molar-refractivity contribution in [2.45, 2.75) is 58.7 Å². The van der Waals surface area contributed by atoms with E-state index in [9.17, 15) is 4.79 Å². The van der Waals surface area contributed by atoms with Crippen molar-refractivity contribution in [2.75, 3.05) is 48.5 Å². The number of amides is 1. The van der Waals surface area contributed by atoms with E-state index in [4.69, 9.17) is 13.3 Å². The average molecular weight is 440 g/mol. The molecule has 0 spiro atoms. The van der Waals surface area contributed by atoms with Gasteiger partial charge < -0.3 is 22.7 Å². The van der Waals surface area contributed by atoms with Crippen LogP contribution in [0, 0.1) is 0 Å². The molecule has 0 N–H and O–H groups in total. The van der Waals surface area contributed by atoms with E-state index in [1.54, 1.807) is 28.3 Å². The average Bonchev–Trinajstić information content (AvgIpc) is 2.74. The third-order valence-corrected chi connectivity index (χ3v) is 8.73. The molecule has 0 aromatic heterocycles. The zero-order valence-electron chi connectivity index (χ0n) is 20.2. The molecule has 0 fully saturated rings. The zero-order chi connectivity index (χ0) is 22.6. The van der Waals surface area contributed by atoms with Crippen LogP contribution in [0.3, 0.4) is 0 Å². The number of hydrogen-bond donors (Lipinski definition) is 0. The molecule has 0 unspecified atom stereocenters. The molecular weight excluding hydrogens is 396 g/mol. The Bertz CT molecular complexity index is 610. The Balaban J connectivity index is 2.44. The molecule has 7 heteroatoms. The normalized spacial score (nSPS) is 12.2. The predicted octanol–water partition coefficient (Wildman–Crippen LogP) is 4.07. The quantitative estimate of drug-likeness (QED) is 0.235. The number of hydrogen-bond acceptors (Lipinski definition) is 4. The summed E-state index contributed by atoms with van der Waals surface area (Å²) < 4.78 is 17.4. The molecule has 0 saturated heterocycles. The van der Waals surface area contributed by atoms with Gasteiger partial charge in [0, 0.05) is 53.0 Å². The van der Waals surface area contributed by atoms with Crippen LogP contribution in [0.2, 0.25) is 6.04 Å². The van der Waals surface area contributed by atoms with Gasteiger partial charge in [0.2, 0.25) is 5.91 Å². The maximum Gasteiger partial charge on any atom is 0.500 e. The van der Waals surface area contributed by atoms with E-state index in [0.717, 1.165) is 55.8 Å². The standard InChI is InChI=1S/C23H43N2O4Si/c1-8-25(3,4)20-23-15-13-22(14-16-23)19-24(21(2)26)17-11-9-10-12-18-30(27-5,28-6)29-7/h13-16H,8-12,17-20H2,1-7H3/q+1. The Labute approximate surface area is 185 Å². The first kappa shape index (κ1) is 26.8. The summed E-state index contributed by atoms with van der Waals surface area (Å²) in [5, 5.41) is 0. The number of unbranched alkanes of at least 4 members (excludes halogenated alkanes) is 3. The second-order valence-corrected chi connectivity index (χ2v) is 11.7. The van der Waals surface area contributed by atoms with E-state index >= 15 is 0 Å². The Morgan fingerprint density at radius 2 is 1.47 bits per heavy atom. The van der Waals surface area contributed by atoms with Crippen molar-refractivity contribution >= 4 is 14.7 Å². The smallest absolute Gasteiger partial charge is 0.377 e. The molecule has 1 amide bonds. The number of nitrogens with zero attached hydrogens (tertiary/aromatic N) is 2. The Morgan fingerprint density at radius 3 is 1.97 bits per heavy atom. The molecule has 0 heterocycles. The van der Waals surface area contributed by atoms with Crippen LogP contribution in [0.25, 0.3) is 0 Å². The van der Waals surface area contributed by atoms with Crippen LogP contribution in [0.15, 0.2) is 24.3 Å². The first-order chi connectivity index (χ1) is 14.2. The lowest BCUT2D eigenvalue weighted by atomic mass is 10.1. The summed E-state index contributed by atoms with van der Waals surface area (Å²) in [5.74, 6) is 0.132. The third kappa shape index (κ3) is 9.26. The highest BCUT2D eigenvalue weighted by Crippen LogP contribution is 2.18. The van der Waals surface area contributed by atoms with Crippen LogP contribution in [0.5, 0.6) is 0 Å². The van der Waals surface area contributed by atoms with E-state index in [-0.39, 0.29) is 5.91 Å². The number of benzene rings is 1. The van der Waals surface area contributed by atoms with Crippen molar-refractivity contribution in [2.24, 2.45) is 0 Å². The van der Waals surface area contributed by atoms with Crippen LogP contribution >= 0.6 is 0 Å². The number of quaternary nitrogens is 1. The Hall–Kier alpha value is -1.25. The number of carbonyl (C=O) groups excluding carboxylic acids is 1. The molecule has 1 aromatic rings. The Kier molecular flexibility index (Phi) is 11.8. The first-order valence-corrected chi connectivity index (χ1v) is 12.9.